The first kappa shape index (κ1) is 6.67. The quantitative estimate of drug-likeness (QED) is 0.545. The Morgan fingerprint density at radius 1 is 1.56 bits per heavy atom. The van der Waals surface area contributed by atoms with Crippen molar-refractivity contribution in [3.05, 3.63) is 30.1 Å². The van der Waals surface area contributed by atoms with Gasteiger partial charge in [0, 0.05) is 28.8 Å². The second kappa shape index (κ2) is 2.91. The van der Waals surface area contributed by atoms with Crippen molar-refractivity contribution in [2.24, 2.45) is 0 Å². The number of carbonyl (C=O) groups excluding carboxylic acids is 1. The number of aromatic nitrogens is 1. The highest BCUT2D eigenvalue weighted by atomic mass is 127. The molecule has 0 unspecified atom stereocenters. The van der Waals surface area contributed by atoms with E-state index in [2.05, 4.69) is 4.98 Å². The predicted octanol–water partition coefficient (Wildman–Crippen LogP) is 1.66. The number of hydrogen-bond donors (Lipinski definition) is 0. The summed E-state index contributed by atoms with van der Waals surface area (Å²) in [5.74, 6) is 0. The van der Waals surface area contributed by atoms with Crippen LogP contribution in [0, 0.1) is 0 Å². The summed E-state index contributed by atoms with van der Waals surface area (Å²) in [7, 11) is 0. The Labute approximate surface area is 66.4 Å². The van der Waals surface area contributed by atoms with Crippen molar-refractivity contribution in [1.82, 2.24) is 4.98 Å². The topological polar surface area (TPSA) is 30.0 Å². The van der Waals surface area contributed by atoms with Crippen LogP contribution in [0.3, 0.4) is 0 Å². The Balaban J connectivity index is 2.98. The molecule has 2 nitrogen and oxygen atoms in total. The summed E-state index contributed by atoms with van der Waals surface area (Å²) < 4.78 is -0.0202. The predicted molar refractivity (Wildman–Crippen MR) is 42.6 cm³/mol. The van der Waals surface area contributed by atoms with E-state index in [9.17, 15) is 4.79 Å². The second-order valence-corrected chi connectivity index (χ2v) is 2.47. The Morgan fingerprint density at radius 3 is 2.67 bits per heavy atom. The molecule has 1 rings (SSSR count). The van der Waals surface area contributed by atoms with Gasteiger partial charge >= 0.3 is 0 Å². The van der Waals surface area contributed by atoms with Crippen LogP contribution in [-0.2, 0) is 0 Å². The molecule has 1 aromatic rings. The molecule has 3 heteroatoms. The van der Waals surface area contributed by atoms with Gasteiger partial charge in [-0.15, -0.1) is 0 Å². The van der Waals surface area contributed by atoms with E-state index < -0.39 is 0 Å². The van der Waals surface area contributed by atoms with Gasteiger partial charge in [-0.3, -0.25) is 9.78 Å². The number of pyridine rings is 1. The van der Waals surface area contributed by atoms with E-state index in [1.54, 1.807) is 47.0 Å². The second-order valence-electron chi connectivity index (χ2n) is 1.49. The molecule has 0 aliphatic heterocycles. The molecule has 46 valence electrons. The first-order chi connectivity index (χ1) is 4.30. The monoisotopic (exact) mass is 233 g/mol. The van der Waals surface area contributed by atoms with Gasteiger partial charge in [0.05, 0.1) is 0 Å². The largest absolute Gasteiger partial charge is 0.280 e. The van der Waals surface area contributed by atoms with Crippen molar-refractivity contribution >= 4 is 26.4 Å². The van der Waals surface area contributed by atoms with Gasteiger partial charge in [-0.1, -0.05) is 6.07 Å². The maximum Gasteiger partial charge on any atom is 0.240 e. The first-order valence-corrected chi connectivity index (χ1v) is 3.49. The molecule has 0 atom stereocenters. The standard InChI is InChI=1S/C6H4INO/c7-6(9)5-3-1-2-4-8-5/h1-4H. The third-order valence-corrected chi connectivity index (χ3v) is 1.42. The fourth-order valence-corrected chi connectivity index (χ4v) is 0.798. The SMILES string of the molecule is O=C(I)c1ccccn1. The molecule has 1 aromatic heterocycles. The van der Waals surface area contributed by atoms with Crippen LogP contribution in [0.1, 0.15) is 10.5 Å². The molecular formula is C6H4INO. The van der Waals surface area contributed by atoms with Crippen molar-refractivity contribution < 1.29 is 4.79 Å². The minimum Gasteiger partial charge on any atom is -0.280 e. The maximum absolute atomic E-state index is 10.6. The van der Waals surface area contributed by atoms with Gasteiger partial charge in [-0.25, -0.2) is 0 Å². The van der Waals surface area contributed by atoms with Crippen molar-refractivity contribution in [2.75, 3.05) is 0 Å². The van der Waals surface area contributed by atoms with E-state index in [1.165, 1.54) is 0 Å². The van der Waals surface area contributed by atoms with Crippen LogP contribution in [0.25, 0.3) is 0 Å². The number of halogens is 1. The summed E-state index contributed by atoms with van der Waals surface area (Å²) in [5.41, 5.74) is 0.512. The lowest BCUT2D eigenvalue weighted by Crippen LogP contribution is -1.89. The van der Waals surface area contributed by atoms with Gasteiger partial charge in [0.2, 0.25) is 3.79 Å². The molecule has 0 amide bonds. The normalized spacial score (nSPS) is 9.00. The highest BCUT2D eigenvalue weighted by molar-refractivity contribution is 14.1. The van der Waals surface area contributed by atoms with Crippen LogP contribution in [0.5, 0.6) is 0 Å². The Morgan fingerprint density at radius 2 is 2.33 bits per heavy atom. The van der Waals surface area contributed by atoms with Crippen molar-refractivity contribution in [2.45, 2.75) is 0 Å². The molecular weight excluding hydrogens is 229 g/mol. The summed E-state index contributed by atoms with van der Waals surface area (Å²) in [6.07, 6.45) is 1.60. The Bertz CT molecular complexity index is 210. The van der Waals surface area contributed by atoms with Gasteiger partial charge in [0.15, 0.2) is 0 Å². The zero-order valence-electron chi connectivity index (χ0n) is 4.54. The van der Waals surface area contributed by atoms with E-state index in [0.29, 0.717) is 5.69 Å². The van der Waals surface area contributed by atoms with Crippen LogP contribution in [0.2, 0.25) is 0 Å². The lowest BCUT2D eigenvalue weighted by molar-refractivity contribution is 0.110. The Hall–Kier alpha value is -0.450. The fraction of sp³-hybridized carbons (Fsp3) is 0. The number of rotatable bonds is 1. The summed E-state index contributed by atoms with van der Waals surface area (Å²) >= 11 is 1.71. The average molecular weight is 233 g/mol. The highest BCUT2D eigenvalue weighted by Gasteiger charge is 1.97. The van der Waals surface area contributed by atoms with Crippen LogP contribution in [0.4, 0.5) is 0 Å². The van der Waals surface area contributed by atoms with Crippen molar-refractivity contribution in [3.63, 3.8) is 0 Å². The van der Waals surface area contributed by atoms with E-state index in [0.717, 1.165) is 0 Å². The molecule has 0 saturated heterocycles. The van der Waals surface area contributed by atoms with Gasteiger partial charge in [0.25, 0.3) is 0 Å². The number of carbonyl (C=O) groups is 1. The zero-order valence-corrected chi connectivity index (χ0v) is 6.70. The molecule has 0 radical (unpaired) electrons. The molecule has 0 N–H and O–H groups in total. The van der Waals surface area contributed by atoms with E-state index in [4.69, 9.17) is 0 Å². The molecule has 0 saturated carbocycles. The molecule has 0 aliphatic rings. The van der Waals surface area contributed by atoms with Crippen LogP contribution in [0.15, 0.2) is 24.4 Å². The molecule has 0 bridgehead atoms. The molecule has 1 heterocycles. The summed E-state index contributed by atoms with van der Waals surface area (Å²) in [6, 6.07) is 5.26. The third-order valence-electron chi connectivity index (χ3n) is 0.866. The van der Waals surface area contributed by atoms with Crippen molar-refractivity contribution in [3.8, 4) is 0 Å². The average Bonchev–Trinajstić information content (AvgIpc) is 1.90. The number of hydrogen-bond acceptors (Lipinski definition) is 2. The Kier molecular flexibility index (Phi) is 2.16. The van der Waals surface area contributed by atoms with Gasteiger partial charge < -0.3 is 0 Å². The smallest absolute Gasteiger partial charge is 0.240 e. The van der Waals surface area contributed by atoms with Crippen LogP contribution >= 0.6 is 22.6 Å². The molecule has 0 spiro atoms. The van der Waals surface area contributed by atoms with E-state index in [-0.39, 0.29) is 3.79 Å². The highest BCUT2D eigenvalue weighted by Crippen LogP contribution is 1.99. The van der Waals surface area contributed by atoms with Gasteiger partial charge in [-0.05, 0) is 12.1 Å². The zero-order chi connectivity index (χ0) is 6.69. The summed E-state index contributed by atoms with van der Waals surface area (Å²) in [6.45, 7) is 0. The maximum atomic E-state index is 10.6. The fourth-order valence-electron chi connectivity index (χ4n) is 0.479. The van der Waals surface area contributed by atoms with Gasteiger partial charge in [0.1, 0.15) is 5.69 Å². The van der Waals surface area contributed by atoms with Crippen molar-refractivity contribution in [1.29, 1.82) is 0 Å². The number of nitrogens with zero attached hydrogens (tertiary/aromatic N) is 1. The first-order valence-electron chi connectivity index (χ1n) is 2.41. The van der Waals surface area contributed by atoms with Gasteiger partial charge in [-0.2, -0.15) is 0 Å². The molecule has 0 aromatic carbocycles. The minimum absolute atomic E-state index is 0.0202. The molecule has 0 aliphatic carbocycles. The third kappa shape index (κ3) is 1.74. The van der Waals surface area contributed by atoms with Crippen LogP contribution in [-0.4, -0.2) is 8.77 Å². The lowest BCUT2D eigenvalue weighted by atomic mass is 10.4. The lowest BCUT2D eigenvalue weighted by Gasteiger charge is -1.87. The summed E-state index contributed by atoms with van der Waals surface area (Å²) in [4.78, 5) is 14.4. The van der Waals surface area contributed by atoms with E-state index >= 15 is 0 Å². The molecule has 0 fully saturated rings. The van der Waals surface area contributed by atoms with Crippen LogP contribution < -0.4 is 0 Å². The summed E-state index contributed by atoms with van der Waals surface area (Å²) in [5, 5.41) is 0. The van der Waals surface area contributed by atoms with E-state index in [1.807, 2.05) is 0 Å². The molecule has 9 heavy (non-hydrogen) atoms. The minimum atomic E-state index is -0.0202.